The van der Waals surface area contributed by atoms with Gasteiger partial charge in [0.05, 0.1) is 7.11 Å². The van der Waals surface area contributed by atoms with Crippen molar-refractivity contribution >= 4 is 5.97 Å². The Morgan fingerprint density at radius 1 is 1.44 bits per heavy atom. The molecule has 0 amide bonds. The Balaban J connectivity index is 2.92. The van der Waals surface area contributed by atoms with Gasteiger partial charge in [0.2, 0.25) is 0 Å². The molecule has 0 saturated heterocycles. The lowest BCUT2D eigenvalue weighted by atomic mass is 9.86. The number of carboxylic acid groups (broad SMARTS) is 1. The highest BCUT2D eigenvalue weighted by atomic mass is 19.1. The molecule has 1 aromatic rings. The standard InChI is InChI=1S/C14H19FO3/c1-9(2)10(8-14(16)17)6-11-7-12(15)4-5-13(11)18-3/h4-5,7,9-10H,6,8H2,1-3H3,(H,16,17). The number of hydrogen-bond acceptors (Lipinski definition) is 2. The third-order valence-electron chi connectivity index (χ3n) is 3.10. The third-order valence-corrected chi connectivity index (χ3v) is 3.10. The van der Waals surface area contributed by atoms with Gasteiger partial charge in [-0.3, -0.25) is 4.79 Å². The van der Waals surface area contributed by atoms with Crippen LogP contribution in [0.15, 0.2) is 18.2 Å². The first-order chi connectivity index (χ1) is 8.43. The van der Waals surface area contributed by atoms with E-state index in [0.29, 0.717) is 12.2 Å². The molecule has 18 heavy (non-hydrogen) atoms. The van der Waals surface area contributed by atoms with E-state index in [9.17, 15) is 9.18 Å². The fourth-order valence-electron chi connectivity index (χ4n) is 1.96. The van der Waals surface area contributed by atoms with E-state index in [0.717, 1.165) is 5.56 Å². The predicted octanol–water partition coefficient (Wildman–Crippen LogP) is 3.12. The Hall–Kier alpha value is -1.58. The maximum Gasteiger partial charge on any atom is 0.303 e. The number of rotatable bonds is 6. The molecule has 0 fully saturated rings. The Bertz CT molecular complexity index is 416. The van der Waals surface area contributed by atoms with Crippen molar-refractivity contribution in [3.05, 3.63) is 29.6 Å². The van der Waals surface area contributed by atoms with Crippen molar-refractivity contribution < 1.29 is 19.0 Å². The maximum atomic E-state index is 13.2. The fourth-order valence-corrected chi connectivity index (χ4v) is 1.96. The van der Waals surface area contributed by atoms with Gasteiger partial charge in [0.1, 0.15) is 11.6 Å². The van der Waals surface area contributed by atoms with Crippen LogP contribution in [-0.4, -0.2) is 18.2 Å². The van der Waals surface area contributed by atoms with Crippen LogP contribution in [0.25, 0.3) is 0 Å². The van der Waals surface area contributed by atoms with Crippen LogP contribution in [0.1, 0.15) is 25.8 Å². The lowest BCUT2D eigenvalue weighted by Gasteiger charge is -2.20. The quantitative estimate of drug-likeness (QED) is 0.848. The summed E-state index contributed by atoms with van der Waals surface area (Å²) in [6.07, 6.45) is 0.586. The molecule has 0 saturated carbocycles. The minimum Gasteiger partial charge on any atom is -0.496 e. The Kier molecular flexibility index (Phi) is 5.13. The van der Waals surface area contributed by atoms with Gasteiger partial charge in [-0.2, -0.15) is 0 Å². The summed E-state index contributed by atoms with van der Waals surface area (Å²) in [5.41, 5.74) is 0.720. The Morgan fingerprint density at radius 2 is 2.11 bits per heavy atom. The second-order valence-electron chi connectivity index (χ2n) is 4.76. The summed E-state index contributed by atoms with van der Waals surface area (Å²) < 4.78 is 18.4. The summed E-state index contributed by atoms with van der Waals surface area (Å²) in [6, 6.07) is 4.32. The molecule has 0 aliphatic rings. The highest BCUT2D eigenvalue weighted by molar-refractivity contribution is 5.67. The van der Waals surface area contributed by atoms with Crippen LogP contribution in [0.5, 0.6) is 5.75 Å². The second-order valence-corrected chi connectivity index (χ2v) is 4.76. The largest absolute Gasteiger partial charge is 0.496 e. The number of aliphatic carboxylic acids is 1. The van der Waals surface area contributed by atoms with E-state index >= 15 is 0 Å². The SMILES string of the molecule is COc1ccc(F)cc1CC(CC(=O)O)C(C)C. The molecular formula is C14H19FO3. The minimum atomic E-state index is -0.830. The minimum absolute atomic E-state index is 0.0294. The van der Waals surface area contributed by atoms with Crippen LogP contribution < -0.4 is 4.74 Å². The van der Waals surface area contributed by atoms with Crippen molar-refractivity contribution in [3.63, 3.8) is 0 Å². The van der Waals surface area contributed by atoms with Crippen LogP contribution in [-0.2, 0) is 11.2 Å². The first-order valence-corrected chi connectivity index (χ1v) is 5.98. The number of ether oxygens (including phenoxy) is 1. The normalized spacial score (nSPS) is 12.5. The second kappa shape index (κ2) is 6.38. The van der Waals surface area contributed by atoms with Gasteiger partial charge in [0.25, 0.3) is 0 Å². The number of methoxy groups -OCH3 is 1. The molecule has 0 spiro atoms. The number of hydrogen-bond donors (Lipinski definition) is 1. The monoisotopic (exact) mass is 254 g/mol. The van der Waals surface area contributed by atoms with Gasteiger partial charge in [-0.25, -0.2) is 4.39 Å². The van der Waals surface area contributed by atoms with Crippen molar-refractivity contribution in [2.45, 2.75) is 26.7 Å². The third kappa shape index (κ3) is 4.02. The molecule has 0 aliphatic carbocycles. The molecule has 1 atom stereocenters. The molecule has 100 valence electrons. The topological polar surface area (TPSA) is 46.5 Å². The van der Waals surface area contributed by atoms with Gasteiger partial charge in [0.15, 0.2) is 0 Å². The zero-order valence-corrected chi connectivity index (χ0v) is 10.9. The summed E-state index contributed by atoms with van der Waals surface area (Å²) in [4.78, 5) is 10.8. The van der Waals surface area contributed by atoms with Crippen molar-refractivity contribution in [3.8, 4) is 5.75 Å². The number of carbonyl (C=O) groups is 1. The number of halogens is 1. The molecule has 1 unspecified atom stereocenters. The molecule has 3 nitrogen and oxygen atoms in total. The van der Waals surface area contributed by atoms with Crippen molar-refractivity contribution in [1.82, 2.24) is 0 Å². The molecule has 0 heterocycles. The van der Waals surface area contributed by atoms with E-state index in [1.54, 1.807) is 6.07 Å². The molecule has 1 aromatic carbocycles. The Labute approximate surface area is 107 Å². The molecule has 1 N–H and O–H groups in total. The predicted molar refractivity (Wildman–Crippen MR) is 67.2 cm³/mol. The first-order valence-electron chi connectivity index (χ1n) is 5.98. The number of carboxylic acids is 1. The van der Waals surface area contributed by atoms with E-state index in [1.807, 2.05) is 13.8 Å². The molecular weight excluding hydrogens is 235 g/mol. The fraction of sp³-hybridized carbons (Fsp3) is 0.500. The average molecular weight is 254 g/mol. The summed E-state index contributed by atoms with van der Waals surface area (Å²) in [6.45, 7) is 3.94. The van der Waals surface area contributed by atoms with E-state index in [1.165, 1.54) is 19.2 Å². The van der Waals surface area contributed by atoms with Gasteiger partial charge in [-0.05, 0) is 42.0 Å². The smallest absolute Gasteiger partial charge is 0.303 e. The van der Waals surface area contributed by atoms with E-state index in [4.69, 9.17) is 9.84 Å². The maximum absolute atomic E-state index is 13.2. The highest BCUT2D eigenvalue weighted by Crippen LogP contribution is 2.27. The molecule has 0 bridgehead atoms. The van der Waals surface area contributed by atoms with E-state index in [2.05, 4.69) is 0 Å². The van der Waals surface area contributed by atoms with E-state index in [-0.39, 0.29) is 24.1 Å². The molecule has 4 heteroatoms. The zero-order chi connectivity index (χ0) is 13.7. The first kappa shape index (κ1) is 14.5. The van der Waals surface area contributed by atoms with Crippen LogP contribution in [0.2, 0.25) is 0 Å². The molecule has 1 rings (SSSR count). The average Bonchev–Trinajstić information content (AvgIpc) is 2.27. The van der Waals surface area contributed by atoms with Crippen LogP contribution in [0.3, 0.4) is 0 Å². The Morgan fingerprint density at radius 3 is 2.61 bits per heavy atom. The zero-order valence-electron chi connectivity index (χ0n) is 10.9. The van der Waals surface area contributed by atoms with Crippen molar-refractivity contribution in [2.24, 2.45) is 11.8 Å². The van der Waals surface area contributed by atoms with Gasteiger partial charge >= 0.3 is 5.97 Å². The van der Waals surface area contributed by atoms with Crippen LogP contribution in [0, 0.1) is 17.7 Å². The number of benzene rings is 1. The lowest BCUT2D eigenvalue weighted by Crippen LogP contribution is -2.17. The van der Waals surface area contributed by atoms with Crippen LogP contribution >= 0.6 is 0 Å². The van der Waals surface area contributed by atoms with Gasteiger partial charge in [0, 0.05) is 6.42 Å². The van der Waals surface area contributed by atoms with Gasteiger partial charge in [-0.15, -0.1) is 0 Å². The molecule has 0 aromatic heterocycles. The van der Waals surface area contributed by atoms with E-state index < -0.39 is 5.97 Å². The lowest BCUT2D eigenvalue weighted by molar-refractivity contribution is -0.138. The summed E-state index contributed by atoms with van der Waals surface area (Å²) in [5, 5.41) is 8.89. The molecule has 0 radical (unpaired) electrons. The van der Waals surface area contributed by atoms with Gasteiger partial charge < -0.3 is 9.84 Å². The van der Waals surface area contributed by atoms with Crippen molar-refractivity contribution in [2.75, 3.05) is 7.11 Å². The van der Waals surface area contributed by atoms with Crippen molar-refractivity contribution in [1.29, 1.82) is 0 Å². The summed E-state index contributed by atoms with van der Waals surface area (Å²) in [5.74, 6) is -0.368. The highest BCUT2D eigenvalue weighted by Gasteiger charge is 2.19. The molecule has 0 aliphatic heterocycles. The summed E-state index contributed by atoms with van der Waals surface area (Å²) >= 11 is 0. The van der Waals surface area contributed by atoms with Crippen LogP contribution in [0.4, 0.5) is 4.39 Å². The van der Waals surface area contributed by atoms with Gasteiger partial charge in [-0.1, -0.05) is 13.8 Å². The summed E-state index contributed by atoms with van der Waals surface area (Å²) in [7, 11) is 1.53.